The van der Waals surface area contributed by atoms with Crippen LogP contribution in [0, 0.1) is 11.8 Å². The van der Waals surface area contributed by atoms with Crippen molar-refractivity contribution in [3.8, 4) is 0 Å². The van der Waals surface area contributed by atoms with E-state index in [1.54, 1.807) is 26.2 Å². The van der Waals surface area contributed by atoms with E-state index in [0.29, 0.717) is 37.9 Å². The fourth-order valence-corrected chi connectivity index (χ4v) is 7.74. The van der Waals surface area contributed by atoms with Crippen LogP contribution in [0.15, 0.2) is 36.0 Å². The van der Waals surface area contributed by atoms with Crippen molar-refractivity contribution in [1.82, 2.24) is 9.80 Å². The number of epoxide rings is 1. The first-order chi connectivity index (χ1) is 23.0. The third kappa shape index (κ3) is 9.95. The predicted octanol–water partition coefficient (Wildman–Crippen LogP) is 4.53. The van der Waals surface area contributed by atoms with Gasteiger partial charge in [-0.15, -0.1) is 0 Å². The largest absolute Gasteiger partial charge is 0.457 e. The van der Waals surface area contributed by atoms with E-state index in [9.17, 15) is 24.9 Å². The Kier molecular flexibility index (Phi) is 13.2. The van der Waals surface area contributed by atoms with Crippen molar-refractivity contribution in [2.45, 2.75) is 160 Å². The molecule has 4 heterocycles. The number of carbonyl (C=O) groups excluding carboxylic acids is 2. The number of rotatable bonds is 11. The molecule has 0 spiro atoms. The highest BCUT2D eigenvalue weighted by atomic mass is 16.6. The number of fused-ring (bicyclic) bond motifs is 2. The van der Waals surface area contributed by atoms with E-state index >= 15 is 0 Å². The normalized spacial score (nSPS) is 37.7. The maximum atomic E-state index is 13.6. The van der Waals surface area contributed by atoms with Gasteiger partial charge in [0.2, 0.25) is 0 Å². The number of esters is 1. The number of hydrogen-bond donors (Lipinski definition) is 3. The molecule has 0 saturated carbocycles. The van der Waals surface area contributed by atoms with Crippen molar-refractivity contribution >= 4 is 12.1 Å². The van der Waals surface area contributed by atoms with Crippen LogP contribution in [0.5, 0.6) is 0 Å². The zero-order chi connectivity index (χ0) is 36.3. The highest BCUT2D eigenvalue weighted by Crippen LogP contribution is 2.38. The van der Waals surface area contributed by atoms with Crippen LogP contribution in [0.2, 0.25) is 0 Å². The number of methoxy groups -OCH3 is 1. The van der Waals surface area contributed by atoms with E-state index in [2.05, 4.69) is 18.7 Å². The second kappa shape index (κ2) is 16.4. The number of hydrogen-bond acceptors (Lipinski definition) is 10. The number of piperazine rings is 1. The van der Waals surface area contributed by atoms with Crippen LogP contribution in [0.25, 0.3) is 0 Å². The van der Waals surface area contributed by atoms with Crippen LogP contribution >= 0.6 is 0 Å². The van der Waals surface area contributed by atoms with Crippen molar-refractivity contribution in [3.05, 3.63) is 36.0 Å². The molecule has 0 aromatic rings. The van der Waals surface area contributed by atoms with Gasteiger partial charge in [0.25, 0.3) is 0 Å². The van der Waals surface area contributed by atoms with Crippen LogP contribution < -0.4 is 0 Å². The minimum atomic E-state index is -1.14. The van der Waals surface area contributed by atoms with Gasteiger partial charge in [-0.2, -0.15) is 0 Å². The number of cyclic esters (lactones) is 1. The zero-order valence-electron chi connectivity index (χ0n) is 31.1. The lowest BCUT2D eigenvalue weighted by Gasteiger charge is -2.39. The van der Waals surface area contributed by atoms with Gasteiger partial charge in [-0.1, -0.05) is 45.1 Å². The number of nitrogens with zero attached hydrogens (tertiary/aromatic N) is 2. The van der Waals surface area contributed by atoms with Gasteiger partial charge in [0.15, 0.2) is 6.10 Å². The molecule has 12 atom stereocenters. The average Bonchev–Trinajstić information content (AvgIpc) is 3.46. The van der Waals surface area contributed by atoms with Crippen molar-refractivity contribution in [3.63, 3.8) is 0 Å². The van der Waals surface area contributed by atoms with E-state index in [1.165, 1.54) is 0 Å². The van der Waals surface area contributed by atoms with Gasteiger partial charge < -0.3 is 39.2 Å². The zero-order valence-corrected chi connectivity index (χ0v) is 31.1. The van der Waals surface area contributed by atoms with E-state index < -0.39 is 41.6 Å². The molecule has 4 rings (SSSR count). The molecule has 11 nitrogen and oxygen atoms in total. The minimum Gasteiger partial charge on any atom is -0.457 e. The molecule has 4 aliphatic heterocycles. The summed E-state index contributed by atoms with van der Waals surface area (Å²) in [6, 6.07) is 0.875. The molecule has 4 aliphatic rings. The smallest absolute Gasteiger partial charge is 0.410 e. The highest BCUT2D eigenvalue weighted by molar-refractivity contribution is 5.71. The monoisotopic (exact) mass is 690 g/mol. The molecule has 2 bridgehead atoms. The summed E-state index contributed by atoms with van der Waals surface area (Å²) < 4.78 is 23.9. The molecule has 10 unspecified atom stereocenters. The minimum absolute atomic E-state index is 0.00312. The van der Waals surface area contributed by atoms with Gasteiger partial charge in [0.05, 0.1) is 36.4 Å². The van der Waals surface area contributed by atoms with Crippen LogP contribution in [0.3, 0.4) is 0 Å². The molecular formula is C38H62N2O9. The van der Waals surface area contributed by atoms with Gasteiger partial charge in [-0.25, -0.2) is 4.79 Å². The van der Waals surface area contributed by atoms with Gasteiger partial charge in [-0.05, 0) is 72.0 Å². The lowest BCUT2D eigenvalue weighted by molar-refractivity contribution is -0.151. The molecule has 0 aromatic heterocycles. The lowest BCUT2D eigenvalue weighted by atomic mass is 9.88. The fourth-order valence-electron chi connectivity index (χ4n) is 7.74. The standard InChI is InChI=1S/C38H62N2O9/c1-10-30(42)26(6)35-31(47-35)20-37(7,45)16-11-12-24(4)34-25(5)13-14-32(38(8,46-9)17-15-29(41)19-33(43)49-34)48-36(44)40-22-27-18-28(40)21-39(27)23(2)3/h11-14,16,23,25-32,34-35,41-42,45H,10,15,17-22H2,1-9H3/b14-13+,16-11+,24-12+/t25?,26?,27-,28-,29?,30?,31?,32?,34?,35?,37?,38?/m0/s1. The molecule has 0 radical (unpaired) electrons. The third-order valence-electron chi connectivity index (χ3n) is 11.2. The summed E-state index contributed by atoms with van der Waals surface area (Å²) in [5, 5.41) is 32.0. The first-order valence-electron chi connectivity index (χ1n) is 18.2. The van der Waals surface area contributed by atoms with E-state index in [-0.39, 0.29) is 49.0 Å². The molecule has 3 saturated heterocycles. The van der Waals surface area contributed by atoms with E-state index in [4.69, 9.17) is 18.9 Å². The first-order valence-corrected chi connectivity index (χ1v) is 18.2. The number of aliphatic hydroxyl groups is 3. The Morgan fingerprint density at radius 3 is 2.55 bits per heavy atom. The molecule has 49 heavy (non-hydrogen) atoms. The van der Waals surface area contributed by atoms with Gasteiger partial charge in [0, 0.05) is 56.6 Å². The Morgan fingerprint density at radius 2 is 1.94 bits per heavy atom. The molecule has 11 heteroatoms. The van der Waals surface area contributed by atoms with E-state index in [1.807, 2.05) is 57.7 Å². The van der Waals surface area contributed by atoms with Gasteiger partial charge in [0.1, 0.15) is 11.7 Å². The lowest BCUT2D eigenvalue weighted by Crippen LogP contribution is -2.53. The number of likely N-dealkylation sites (tertiary alicyclic amines) is 2. The summed E-state index contributed by atoms with van der Waals surface area (Å²) in [6.45, 7) is 17.1. The maximum Gasteiger partial charge on any atom is 0.410 e. The first kappa shape index (κ1) is 39.5. The number of aliphatic hydroxyl groups excluding tert-OH is 2. The molecule has 3 fully saturated rings. The summed E-state index contributed by atoms with van der Waals surface area (Å²) in [6.07, 6.45) is 8.04. The van der Waals surface area contributed by atoms with Gasteiger partial charge >= 0.3 is 12.1 Å². The van der Waals surface area contributed by atoms with Crippen molar-refractivity contribution in [2.75, 3.05) is 20.2 Å². The van der Waals surface area contributed by atoms with Crippen molar-refractivity contribution in [1.29, 1.82) is 0 Å². The predicted molar refractivity (Wildman–Crippen MR) is 187 cm³/mol. The van der Waals surface area contributed by atoms with Crippen LogP contribution in [0.1, 0.15) is 93.9 Å². The summed E-state index contributed by atoms with van der Waals surface area (Å²) in [4.78, 5) is 30.9. The SMILES string of the molecule is CCC(O)C(C)C1OC1CC(C)(O)/C=C/C=C(\C)C1OC(=O)CC(O)CCC(C)(OC)C(OC(=O)N2C[C@@H]3C[C@H]2CN3C(C)C)/C=C/C1C. The Balaban J connectivity index is 1.48. The maximum absolute atomic E-state index is 13.6. The molecular weight excluding hydrogens is 628 g/mol. The number of ether oxygens (including phenoxy) is 4. The molecule has 3 N–H and O–H groups in total. The molecule has 278 valence electrons. The number of allylic oxidation sites excluding steroid dienone is 2. The summed E-state index contributed by atoms with van der Waals surface area (Å²) in [5.41, 5.74) is -1.34. The summed E-state index contributed by atoms with van der Waals surface area (Å²) >= 11 is 0. The van der Waals surface area contributed by atoms with Crippen molar-refractivity contribution in [2.24, 2.45) is 11.8 Å². The second-order valence-corrected chi connectivity index (χ2v) is 15.7. The molecule has 0 aliphatic carbocycles. The highest BCUT2D eigenvalue weighted by Gasteiger charge is 2.49. The van der Waals surface area contributed by atoms with Crippen LogP contribution in [-0.2, 0) is 23.7 Å². The van der Waals surface area contributed by atoms with Crippen LogP contribution in [0.4, 0.5) is 4.79 Å². The van der Waals surface area contributed by atoms with Crippen molar-refractivity contribution < 1.29 is 43.9 Å². The number of carbonyl (C=O) groups is 2. The quantitative estimate of drug-likeness (QED) is 0.123. The molecule has 0 aromatic carbocycles. The summed E-state index contributed by atoms with van der Waals surface area (Å²) in [5.74, 6) is -0.830. The average molecular weight is 691 g/mol. The van der Waals surface area contributed by atoms with Gasteiger partial charge in [-0.3, -0.25) is 9.69 Å². The van der Waals surface area contributed by atoms with E-state index in [0.717, 1.165) is 18.5 Å². The Morgan fingerprint density at radius 1 is 1.22 bits per heavy atom. The Hall–Kier alpha value is -2.28. The molecule has 1 amide bonds. The second-order valence-electron chi connectivity index (χ2n) is 15.7. The summed E-state index contributed by atoms with van der Waals surface area (Å²) in [7, 11) is 1.57. The Labute approximate surface area is 293 Å². The number of amides is 1. The Bertz CT molecular complexity index is 1230. The fraction of sp³-hybridized carbons (Fsp3) is 0.789. The third-order valence-corrected chi connectivity index (χ3v) is 11.2. The van der Waals surface area contributed by atoms with Crippen LogP contribution in [-0.4, -0.2) is 123 Å². The topological polar surface area (TPSA) is 142 Å².